The molecule has 0 radical (unpaired) electrons. The van der Waals surface area contributed by atoms with Gasteiger partial charge in [-0.1, -0.05) is 17.4 Å². The van der Waals surface area contributed by atoms with Gasteiger partial charge in [-0.25, -0.2) is 4.98 Å². The molecule has 0 spiro atoms. The molecule has 2 aromatic heterocycles. The smallest absolute Gasteiger partial charge is 0.263 e. The number of pyridine rings is 1. The van der Waals surface area contributed by atoms with Crippen LogP contribution < -0.4 is 10.2 Å². The second-order valence-electron chi connectivity index (χ2n) is 6.93. The molecule has 3 heterocycles. The molecule has 0 aromatic carbocycles. The van der Waals surface area contributed by atoms with Crippen molar-refractivity contribution in [1.82, 2.24) is 20.2 Å². The summed E-state index contributed by atoms with van der Waals surface area (Å²) in [4.78, 5) is 25.7. The summed E-state index contributed by atoms with van der Waals surface area (Å²) < 4.78 is 0. The van der Waals surface area contributed by atoms with Gasteiger partial charge in [0.2, 0.25) is 0 Å². The van der Waals surface area contributed by atoms with E-state index in [1.807, 2.05) is 24.0 Å². The lowest BCUT2D eigenvalue weighted by Gasteiger charge is -2.24. The van der Waals surface area contributed by atoms with E-state index in [1.54, 1.807) is 12.4 Å². The van der Waals surface area contributed by atoms with E-state index in [-0.39, 0.29) is 5.91 Å². The van der Waals surface area contributed by atoms with Gasteiger partial charge in [-0.2, -0.15) is 0 Å². The Bertz CT molecular complexity index is 777. The minimum absolute atomic E-state index is 0.140. The van der Waals surface area contributed by atoms with E-state index >= 15 is 0 Å². The van der Waals surface area contributed by atoms with E-state index in [4.69, 9.17) is 0 Å². The van der Waals surface area contributed by atoms with E-state index in [0.29, 0.717) is 22.2 Å². The van der Waals surface area contributed by atoms with E-state index in [9.17, 15) is 9.90 Å². The van der Waals surface area contributed by atoms with Gasteiger partial charge in [-0.05, 0) is 37.3 Å². The molecule has 8 heteroatoms. The van der Waals surface area contributed by atoms with Gasteiger partial charge in [0.05, 0.1) is 5.69 Å². The van der Waals surface area contributed by atoms with Crippen molar-refractivity contribution in [3.05, 3.63) is 40.7 Å². The van der Waals surface area contributed by atoms with Crippen LogP contribution in [0.1, 0.15) is 33.8 Å². The number of hydrogen-bond donors (Lipinski definition) is 2. The number of anilines is 1. The molecule has 2 N–H and O–H groups in total. The second kappa shape index (κ2) is 7.30. The summed E-state index contributed by atoms with van der Waals surface area (Å²) in [5, 5.41) is 14.2. The number of carbonyl (C=O) groups excluding carboxylic acids is 1. The first-order valence-electron chi connectivity index (χ1n) is 8.95. The average Bonchev–Trinajstić information content (AvgIpc) is 3.28. The Balaban J connectivity index is 1.41. The normalized spacial score (nSPS) is 20.5. The zero-order chi connectivity index (χ0) is 18.1. The molecule has 1 saturated carbocycles. The fourth-order valence-corrected chi connectivity index (χ4v) is 4.18. The molecular weight excluding hydrogens is 350 g/mol. The van der Waals surface area contributed by atoms with Crippen molar-refractivity contribution in [1.29, 1.82) is 0 Å². The largest absolute Gasteiger partial charge is 0.361 e. The first-order valence-corrected chi connectivity index (χ1v) is 9.77. The zero-order valence-electron chi connectivity index (χ0n) is 14.8. The fraction of sp³-hybridized carbons (Fsp3) is 0.500. The van der Waals surface area contributed by atoms with Crippen molar-refractivity contribution >= 4 is 22.4 Å². The van der Waals surface area contributed by atoms with Gasteiger partial charge < -0.3 is 15.3 Å². The molecular formula is C18H23N5O2S. The van der Waals surface area contributed by atoms with Gasteiger partial charge in [0.15, 0.2) is 11.5 Å². The number of rotatable bonds is 6. The lowest BCUT2D eigenvalue weighted by Crippen LogP contribution is -2.39. The maximum absolute atomic E-state index is 12.5. The molecule has 0 bridgehead atoms. The van der Waals surface area contributed by atoms with Gasteiger partial charge in [0.1, 0.15) is 4.88 Å². The van der Waals surface area contributed by atoms with Crippen molar-refractivity contribution in [3.8, 4) is 0 Å². The number of nitrogens with zero attached hydrogens (tertiary/aromatic N) is 4. The van der Waals surface area contributed by atoms with Crippen molar-refractivity contribution in [2.75, 3.05) is 24.5 Å². The number of aliphatic hydroxyl groups excluding tert-OH is 1. The fourth-order valence-electron chi connectivity index (χ4n) is 3.16. The molecule has 138 valence electrons. The van der Waals surface area contributed by atoms with Gasteiger partial charge >= 0.3 is 0 Å². The first kappa shape index (κ1) is 17.4. The van der Waals surface area contributed by atoms with Crippen LogP contribution >= 0.6 is 11.3 Å². The number of aliphatic hydroxyl groups is 1. The Morgan fingerprint density at radius 1 is 1.42 bits per heavy atom. The molecule has 4 rings (SSSR count). The number of amides is 1. The Morgan fingerprint density at radius 2 is 2.27 bits per heavy atom. The van der Waals surface area contributed by atoms with E-state index < -0.39 is 6.35 Å². The highest BCUT2D eigenvalue weighted by Crippen LogP contribution is 2.34. The van der Waals surface area contributed by atoms with E-state index in [1.165, 1.54) is 24.2 Å². The molecule has 1 aliphatic carbocycles. The Kier molecular flexibility index (Phi) is 4.88. The second-order valence-corrected chi connectivity index (χ2v) is 7.91. The Labute approximate surface area is 156 Å². The maximum Gasteiger partial charge on any atom is 0.263 e. The quantitative estimate of drug-likeness (QED) is 0.800. The third-order valence-electron chi connectivity index (χ3n) is 4.84. The molecule has 1 saturated heterocycles. The van der Waals surface area contributed by atoms with Gasteiger partial charge in [-0.3, -0.25) is 14.7 Å². The number of carbonyl (C=O) groups is 1. The number of thiazole rings is 1. The van der Waals surface area contributed by atoms with Crippen molar-refractivity contribution < 1.29 is 9.90 Å². The molecule has 7 nitrogen and oxygen atoms in total. The number of nitrogens with one attached hydrogen (secondary N) is 1. The van der Waals surface area contributed by atoms with Gasteiger partial charge in [0.25, 0.3) is 5.91 Å². The summed E-state index contributed by atoms with van der Waals surface area (Å²) in [5.41, 5.74) is 1.65. The zero-order valence-corrected chi connectivity index (χ0v) is 15.6. The minimum Gasteiger partial charge on any atom is -0.361 e. The van der Waals surface area contributed by atoms with Gasteiger partial charge in [0, 0.05) is 38.6 Å². The summed E-state index contributed by atoms with van der Waals surface area (Å²) in [6, 6.07) is 3.77. The highest BCUT2D eigenvalue weighted by atomic mass is 32.1. The number of hydrogen-bond acceptors (Lipinski definition) is 7. The monoisotopic (exact) mass is 373 g/mol. The highest BCUT2D eigenvalue weighted by Gasteiger charge is 2.36. The van der Waals surface area contributed by atoms with Crippen molar-refractivity contribution in [2.45, 2.75) is 32.7 Å². The lowest BCUT2D eigenvalue weighted by molar-refractivity contribution is 0.0367. The Hall–Kier alpha value is -2.03. The average molecular weight is 373 g/mol. The third kappa shape index (κ3) is 3.72. The molecule has 2 fully saturated rings. The predicted octanol–water partition coefficient (Wildman–Crippen LogP) is 1.58. The SMILES string of the molecule is Cc1nc(N2CCN(CC3CC3)C2O)sc1C(=O)NCc1cccnc1. The summed E-state index contributed by atoms with van der Waals surface area (Å²) >= 11 is 1.34. The van der Waals surface area contributed by atoms with Crippen LogP contribution in [0.4, 0.5) is 5.13 Å². The molecule has 1 amide bonds. The summed E-state index contributed by atoms with van der Waals surface area (Å²) in [7, 11) is 0. The number of aromatic nitrogens is 2. The van der Waals surface area contributed by atoms with Crippen LogP contribution in [0.25, 0.3) is 0 Å². The molecule has 2 aromatic rings. The minimum atomic E-state index is -0.646. The van der Waals surface area contributed by atoms with Crippen LogP contribution in [0.5, 0.6) is 0 Å². The van der Waals surface area contributed by atoms with E-state index in [0.717, 1.165) is 31.1 Å². The first-order chi connectivity index (χ1) is 12.6. The van der Waals surface area contributed by atoms with Crippen LogP contribution in [0, 0.1) is 12.8 Å². The van der Waals surface area contributed by atoms with Gasteiger partial charge in [-0.15, -0.1) is 0 Å². The topological polar surface area (TPSA) is 81.6 Å². The predicted molar refractivity (Wildman–Crippen MR) is 99.9 cm³/mol. The Morgan fingerprint density at radius 3 is 3.00 bits per heavy atom. The van der Waals surface area contributed by atoms with Crippen molar-refractivity contribution in [2.24, 2.45) is 5.92 Å². The summed E-state index contributed by atoms with van der Waals surface area (Å²) in [6.45, 7) is 4.78. The summed E-state index contributed by atoms with van der Waals surface area (Å²) in [6.07, 6.45) is 5.33. The van der Waals surface area contributed by atoms with Crippen LogP contribution in [0.2, 0.25) is 0 Å². The van der Waals surface area contributed by atoms with Crippen LogP contribution in [-0.4, -0.2) is 51.9 Å². The van der Waals surface area contributed by atoms with Crippen LogP contribution in [0.3, 0.4) is 0 Å². The third-order valence-corrected chi connectivity index (χ3v) is 6.03. The standard InChI is InChI=1S/C18H23N5O2S/c1-12-15(16(24)20-10-14-3-2-6-19-9-14)26-17(21-12)23-8-7-22(18(23)25)11-13-4-5-13/h2-3,6,9,13,18,25H,4-5,7-8,10-11H2,1H3,(H,20,24). The lowest BCUT2D eigenvalue weighted by atomic mass is 10.3. The molecule has 1 unspecified atom stereocenters. The van der Waals surface area contributed by atoms with Crippen LogP contribution in [0.15, 0.2) is 24.5 Å². The molecule has 1 aliphatic heterocycles. The molecule has 1 atom stereocenters. The highest BCUT2D eigenvalue weighted by molar-refractivity contribution is 7.17. The summed E-state index contributed by atoms with van der Waals surface area (Å²) in [5.74, 6) is 0.593. The van der Waals surface area contributed by atoms with Crippen LogP contribution in [-0.2, 0) is 6.54 Å². The molecule has 2 aliphatic rings. The maximum atomic E-state index is 12.5. The number of aryl methyl sites for hydroxylation is 1. The van der Waals surface area contributed by atoms with Crippen molar-refractivity contribution in [3.63, 3.8) is 0 Å². The van der Waals surface area contributed by atoms with E-state index in [2.05, 4.69) is 20.2 Å². The molecule has 26 heavy (non-hydrogen) atoms.